The van der Waals surface area contributed by atoms with Crippen molar-refractivity contribution >= 4 is 63.9 Å². The molecule has 4 atom stereocenters. The third-order valence-electron chi connectivity index (χ3n) is 7.13. The lowest BCUT2D eigenvalue weighted by atomic mass is 9.75. The minimum absolute atomic E-state index is 0.201. The highest BCUT2D eigenvalue weighted by molar-refractivity contribution is 6.39. The van der Waals surface area contributed by atoms with Crippen molar-refractivity contribution in [3.05, 3.63) is 57.0 Å². The van der Waals surface area contributed by atoms with Crippen LogP contribution >= 0.6 is 34.8 Å². The van der Waals surface area contributed by atoms with Crippen LogP contribution in [0.25, 0.3) is 0 Å². The van der Waals surface area contributed by atoms with Gasteiger partial charge in [0.2, 0.25) is 11.8 Å². The Morgan fingerprint density at radius 2 is 1.81 bits per heavy atom. The number of halogens is 3. The van der Waals surface area contributed by atoms with Crippen LogP contribution in [0.15, 0.2) is 36.4 Å². The van der Waals surface area contributed by atoms with Gasteiger partial charge in [0.1, 0.15) is 5.54 Å². The molecule has 0 unspecified atom stereocenters. The number of nitrogens with zero attached hydrogens (tertiary/aromatic N) is 2. The van der Waals surface area contributed by atoms with Crippen LogP contribution < -0.4 is 10.2 Å². The molecule has 0 aromatic heterocycles. The normalized spacial score (nSPS) is 31.4. The van der Waals surface area contributed by atoms with E-state index >= 15 is 0 Å². The van der Waals surface area contributed by atoms with Crippen molar-refractivity contribution in [2.45, 2.75) is 24.4 Å². The number of para-hydroxylation sites is 1. The van der Waals surface area contributed by atoms with Gasteiger partial charge in [-0.25, -0.2) is 4.90 Å². The summed E-state index contributed by atoms with van der Waals surface area (Å²) < 4.78 is 0. The van der Waals surface area contributed by atoms with E-state index in [1.807, 2.05) is 6.07 Å². The van der Waals surface area contributed by atoms with Crippen LogP contribution in [0, 0.1) is 11.8 Å². The summed E-state index contributed by atoms with van der Waals surface area (Å²) in [7, 11) is 0. The Kier molecular flexibility index (Phi) is 4.07. The summed E-state index contributed by atoms with van der Waals surface area (Å²) in [5.41, 5.74) is 0.213. The molecule has 3 saturated heterocycles. The van der Waals surface area contributed by atoms with Crippen LogP contribution in [0.4, 0.5) is 11.4 Å². The second-order valence-corrected chi connectivity index (χ2v) is 9.65. The molecule has 0 saturated carbocycles. The molecule has 0 aliphatic carbocycles. The summed E-state index contributed by atoms with van der Waals surface area (Å²) in [6.07, 6.45) is 1.59. The number of carbonyl (C=O) groups excluding carboxylic acids is 3. The SMILES string of the molecule is O=C1[C@H]2[C@@H](C(=O)N1c1ccc(Cl)cc1Cl)[C@]1(C(=O)Nc3c(Cl)cccc31)N1CCC[C@@H]21. The van der Waals surface area contributed by atoms with Gasteiger partial charge in [-0.05, 0) is 43.7 Å². The molecule has 3 amide bonds. The highest BCUT2D eigenvalue weighted by atomic mass is 35.5. The highest BCUT2D eigenvalue weighted by Gasteiger charge is 2.74. The lowest BCUT2D eigenvalue weighted by Crippen LogP contribution is -2.54. The van der Waals surface area contributed by atoms with Crippen molar-refractivity contribution < 1.29 is 14.4 Å². The first kappa shape index (κ1) is 19.6. The van der Waals surface area contributed by atoms with Crippen molar-refractivity contribution in [1.82, 2.24) is 4.90 Å². The maximum absolute atomic E-state index is 13.8. The number of fused-ring (bicyclic) bond motifs is 7. The first-order chi connectivity index (χ1) is 14.9. The van der Waals surface area contributed by atoms with Crippen LogP contribution in [-0.2, 0) is 19.9 Å². The molecule has 4 aliphatic heterocycles. The monoisotopic (exact) mass is 475 g/mol. The first-order valence-electron chi connectivity index (χ1n) is 10.1. The molecule has 4 aliphatic rings. The Bertz CT molecular complexity index is 1200. The Morgan fingerprint density at radius 3 is 2.58 bits per heavy atom. The molecule has 3 fully saturated rings. The van der Waals surface area contributed by atoms with Gasteiger partial charge in [0.25, 0.3) is 5.91 Å². The fraction of sp³-hybridized carbons (Fsp3) is 0.318. The molecule has 2 aromatic rings. The minimum Gasteiger partial charge on any atom is -0.323 e. The molecule has 1 spiro atoms. The Balaban J connectivity index is 1.57. The quantitative estimate of drug-likeness (QED) is 0.630. The van der Waals surface area contributed by atoms with Gasteiger partial charge in [-0.2, -0.15) is 0 Å². The van der Waals surface area contributed by atoms with Crippen molar-refractivity contribution in [2.24, 2.45) is 11.8 Å². The Hall–Kier alpha value is -2.12. The predicted octanol–water partition coefficient (Wildman–Crippen LogP) is 4.08. The zero-order chi connectivity index (χ0) is 21.7. The van der Waals surface area contributed by atoms with Crippen LogP contribution in [0.3, 0.4) is 0 Å². The van der Waals surface area contributed by atoms with E-state index in [0.29, 0.717) is 33.5 Å². The molecule has 0 bridgehead atoms. The molecule has 31 heavy (non-hydrogen) atoms. The van der Waals surface area contributed by atoms with Crippen LogP contribution in [0.1, 0.15) is 18.4 Å². The number of carbonyl (C=O) groups is 3. The zero-order valence-electron chi connectivity index (χ0n) is 16.1. The molecule has 9 heteroatoms. The van der Waals surface area contributed by atoms with Crippen LogP contribution in [0.5, 0.6) is 0 Å². The van der Waals surface area contributed by atoms with Gasteiger partial charge in [0.15, 0.2) is 0 Å². The summed E-state index contributed by atoms with van der Waals surface area (Å²) in [5, 5.41) is 3.93. The molecule has 158 valence electrons. The molecule has 6 rings (SSSR count). The van der Waals surface area contributed by atoms with Gasteiger partial charge < -0.3 is 5.32 Å². The van der Waals surface area contributed by atoms with E-state index in [1.54, 1.807) is 24.3 Å². The predicted molar refractivity (Wildman–Crippen MR) is 117 cm³/mol. The molecule has 6 nitrogen and oxygen atoms in total. The topological polar surface area (TPSA) is 69.7 Å². The number of imide groups is 1. The number of rotatable bonds is 1. The fourth-order valence-corrected chi connectivity index (χ4v) is 6.81. The maximum atomic E-state index is 13.8. The highest BCUT2D eigenvalue weighted by Crippen LogP contribution is 2.61. The summed E-state index contributed by atoms with van der Waals surface area (Å²) in [4.78, 5) is 44.2. The van der Waals surface area contributed by atoms with Gasteiger partial charge in [0.05, 0.1) is 33.3 Å². The van der Waals surface area contributed by atoms with Crippen LogP contribution in [-0.4, -0.2) is 35.2 Å². The minimum atomic E-state index is -1.26. The van der Waals surface area contributed by atoms with Gasteiger partial charge in [0, 0.05) is 16.6 Å². The van der Waals surface area contributed by atoms with Crippen molar-refractivity contribution in [3.8, 4) is 0 Å². The Morgan fingerprint density at radius 1 is 1.00 bits per heavy atom. The summed E-state index contributed by atoms with van der Waals surface area (Å²) in [6, 6.07) is 9.76. The first-order valence-corrected chi connectivity index (χ1v) is 11.2. The van der Waals surface area contributed by atoms with Gasteiger partial charge in [-0.3, -0.25) is 19.3 Å². The van der Waals surface area contributed by atoms with E-state index in [-0.39, 0.29) is 22.9 Å². The second kappa shape index (κ2) is 6.45. The summed E-state index contributed by atoms with van der Waals surface area (Å²) in [6.45, 7) is 0.638. The molecular weight excluding hydrogens is 461 g/mol. The van der Waals surface area contributed by atoms with Gasteiger partial charge in [-0.15, -0.1) is 0 Å². The summed E-state index contributed by atoms with van der Waals surface area (Å²) >= 11 is 18.7. The average molecular weight is 477 g/mol. The third-order valence-corrected chi connectivity index (χ3v) is 7.98. The second-order valence-electron chi connectivity index (χ2n) is 8.40. The van der Waals surface area contributed by atoms with E-state index in [9.17, 15) is 14.4 Å². The fourth-order valence-electron chi connectivity index (χ4n) is 6.09. The largest absolute Gasteiger partial charge is 0.323 e. The zero-order valence-corrected chi connectivity index (χ0v) is 18.3. The van der Waals surface area contributed by atoms with Crippen LogP contribution in [0.2, 0.25) is 15.1 Å². The van der Waals surface area contributed by atoms with Gasteiger partial charge >= 0.3 is 0 Å². The van der Waals surface area contributed by atoms with E-state index < -0.39 is 23.3 Å². The molecular formula is C22H16Cl3N3O3. The number of benzene rings is 2. The lowest BCUT2D eigenvalue weighted by molar-refractivity contribution is -0.135. The number of anilines is 2. The lowest BCUT2D eigenvalue weighted by Gasteiger charge is -2.36. The number of hydrogen-bond donors (Lipinski definition) is 1. The standard InChI is InChI=1S/C22H16Cl3N3O3/c23-10-6-7-14(13(25)9-10)28-19(29)16-15-5-2-8-27(15)22(17(16)20(28)30)11-3-1-4-12(24)18(11)26-21(22)31/h1,3-4,6-7,9,15-17H,2,5,8H2,(H,26,31)/t15-,16+,17-,22+/m0/s1. The molecule has 4 heterocycles. The van der Waals surface area contributed by atoms with E-state index in [0.717, 1.165) is 17.7 Å². The molecule has 1 N–H and O–H groups in total. The van der Waals surface area contributed by atoms with Gasteiger partial charge in [-0.1, -0.05) is 46.9 Å². The third kappa shape index (κ3) is 2.26. The number of nitrogens with one attached hydrogen (secondary N) is 1. The van der Waals surface area contributed by atoms with E-state index in [4.69, 9.17) is 34.8 Å². The van der Waals surface area contributed by atoms with Crippen molar-refractivity contribution in [2.75, 3.05) is 16.8 Å². The number of hydrogen-bond acceptors (Lipinski definition) is 4. The maximum Gasteiger partial charge on any atom is 0.250 e. The molecule has 2 aromatic carbocycles. The number of amides is 3. The smallest absolute Gasteiger partial charge is 0.250 e. The van der Waals surface area contributed by atoms with E-state index in [1.165, 1.54) is 6.07 Å². The summed E-state index contributed by atoms with van der Waals surface area (Å²) in [5.74, 6) is -2.53. The van der Waals surface area contributed by atoms with Crippen molar-refractivity contribution in [3.63, 3.8) is 0 Å². The van der Waals surface area contributed by atoms with E-state index in [2.05, 4.69) is 10.2 Å². The van der Waals surface area contributed by atoms with Crippen molar-refractivity contribution in [1.29, 1.82) is 0 Å². The molecule has 0 radical (unpaired) electrons. The average Bonchev–Trinajstić information content (AvgIpc) is 3.42. The Labute approximate surface area is 193 Å².